The molecule has 218 valence electrons. The molecule has 5 rings (SSSR count). The van der Waals surface area contributed by atoms with Gasteiger partial charge in [0.05, 0.1) is 16.1 Å². The highest BCUT2D eigenvalue weighted by atomic mass is 32.2. The van der Waals surface area contributed by atoms with Crippen molar-refractivity contribution in [2.24, 2.45) is 0 Å². The maximum Gasteiger partial charge on any atom is 0.405 e. The van der Waals surface area contributed by atoms with Crippen molar-refractivity contribution in [1.29, 1.82) is 0 Å². The van der Waals surface area contributed by atoms with Crippen LogP contribution in [0, 0.1) is 0 Å². The van der Waals surface area contributed by atoms with Gasteiger partial charge in [-0.3, -0.25) is 4.79 Å². The number of carbonyl (C=O) groups is 1. The molecule has 0 saturated carbocycles. The fourth-order valence-electron chi connectivity index (χ4n) is 5.96. The first kappa shape index (κ1) is 29.7. The zero-order valence-corrected chi connectivity index (χ0v) is 24.5. The Balaban J connectivity index is 1.43. The number of nitrogens with zero attached hydrogens (tertiary/aromatic N) is 1. The van der Waals surface area contributed by atoms with Crippen LogP contribution < -0.4 is 16.0 Å². The van der Waals surface area contributed by atoms with Gasteiger partial charge in [-0.05, 0) is 73.0 Å². The van der Waals surface area contributed by atoms with E-state index in [1.54, 1.807) is 11.8 Å². The van der Waals surface area contributed by atoms with Gasteiger partial charge < -0.3 is 10.3 Å². The van der Waals surface area contributed by atoms with Gasteiger partial charge in [-0.1, -0.05) is 96.8 Å². The van der Waals surface area contributed by atoms with Gasteiger partial charge in [0.25, 0.3) is 0 Å². The number of nitrogens with one attached hydrogen (secondary N) is 2. The Morgan fingerprint density at radius 1 is 1.10 bits per heavy atom. The van der Waals surface area contributed by atoms with Crippen LogP contribution in [-0.2, 0) is 10.2 Å². The van der Waals surface area contributed by atoms with E-state index in [-0.39, 0.29) is 0 Å². The number of imidazole rings is 1. The minimum atomic E-state index is -4.50. The van der Waals surface area contributed by atoms with Crippen LogP contribution in [0.1, 0.15) is 50.7 Å². The lowest BCUT2D eigenvalue weighted by atomic mass is 9.72. The Morgan fingerprint density at radius 3 is 2.48 bits per heavy atom. The highest BCUT2D eigenvalue weighted by Gasteiger charge is 2.49. The summed E-state index contributed by atoms with van der Waals surface area (Å²) in [7, 11) is 0. The van der Waals surface area contributed by atoms with Crippen molar-refractivity contribution in [3.63, 3.8) is 0 Å². The zero-order chi connectivity index (χ0) is 29.7. The summed E-state index contributed by atoms with van der Waals surface area (Å²) < 4.78 is 39.5. The molecule has 1 atom stereocenters. The molecule has 3 aliphatic rings. The van der Waals surface area contributed by atoms with Crippen LogP contribution >= 0.6 is 11.8 Å². The average Bonchev–Trinajstić information content (AvgIpc) is 3.53. The molecule has 4 nitrogen and oxygen atoms in total. The van der Waals surface area contributed by atoms with Crippen LogP contribution in [-0.4, -0.2) is 34.3 Å². The van der Waals surface area contributed by atoms with E-state index in [0.29, 0.717) is 18.6 Å². The third-order valence-corrected chi connectivity index (χ3v) is 8.79. The standard InChI is InChI=1S/C34H34F3N3OS/c1-3-13-27-23(2)26-18-10-11-19-28(26)33(27,31(41)38-22-34(35,36)37)20-12-21-42-32-39-29(24-14-6-4-7-15-24)30(40-32)25-16-8-5-9-17-25/h3-11,13-14,16,18-19H,12,15,17,20-22H2,1-2H3,(H,38,41)(H,39,40)/b13-3-,29-24?,30-25?. The first-order valence-corrected chi connectivity index (χ1v) is 15.1. The number of carbonyl (C=O) groups excluding carboxylic acids is 1. The van der Waals surface area contributed by atoms with Crippen LogP contribution in [0.2, 0.25) is 0 Å². The molecule has 2 aromatic rings. The van der Waals surface area contributed by atoms with E-state index in [4.69, 9.17) is 4.98 Å². The van der Waals surface area contributed by atoms with Gasteiger partial charge in [0.2, 0.25) is 5.91 Å². The molecule has 1 heterocycles. The van der Waals surface area contributed by atoms with E-state index in [1.165, 1.54) is 5.57 Å². The van der Waals surface area contributed by atoms with E-state index >= 15 is 0 Å². The van der Waals surface area contributed by atoms with Gasteiger partial charge >= 0.3 is 6.18 Å². The number of benzene rings is 1. The number of halogens is 3. The molecule has 42 heavy (non-hydrogen) atoms. The fourth-order valence-corrected chi connectivity index (χ4v) is 6.78. The number of thioether (sulfide) groups is 1. The number of aromatic nitrogens is 2. The van der Waals surface area contributed by atoms with Crippen molar-refractivity contribution in [2.45, 2.75) is 56.3 Å². The molecule has 2 N–H and O–H groups in total. The van der Waals surface area contributed by atoms with Crippen LogP contribution in [0.25, 0.3) is 16.7 Å². The summed E-state index contributed by atoms with van der Waals surface area (Å²) in [6, 6.07) is 7.54. The summed E-state index contributed by atoms with van der Waals surface area (Å²) in [5.74, 6) is 0.0214. The fraction of sp³-hybridized carbons (Fsp3) is 0.294. The Labute approximate surface area is 248 Å². The number of H-pyrrole nitrogens is 1. The minimum absolute atomic E-state index is 0.369. The topological polar surface area (TPSA) is 57.8 Å². The molecule has 8 heteroatoms. The quantitative estimate of drug-likeness (QED) is 0.270. The molecule has 0 aliphatic heterocycles. The first-order chi connectivity index (χ1) is 20.2. The number of hydrogen-bond donors (Lipinski definition) is 2. The van der Waals surface area contributed by atoms with Crippen molar-refractivity contribution >= 4 is 34.4 Å². The van der Waals surface area contributed by atoms with Crippen molar-refractivity contribution < 1.29 is 18.0 Å². The van der Waals surface area contributed by atoms with Crippen LogP contribution in [0.15, 0.2) is 95.8 Å². The number of alkyl halides is 3. The molecule has 1 aromatic carbocycles. The largest absolute Gasteiger partial charge is 0.405 e. The number of allylic oxidation sites excluding steroid dienone is 11. The summed E-state index contributed by atoms with van der Waals surface area (Å²) >= 11 is 1.57. The Kier molecular flexibility index (Phi) is 8.92. The summed E-state index contributed by atoms with van der Waals surface area (Å²) in [5, 5.41) is 4.94. The summed E-state index contributed by atoms with van der Waals surface area (Å²) in [5.41, 5.74) is 4.43. The average molecular weight is 590 g/mol. The predicted molar refractivity (Wildman–Crippen MR) is 165 cm³/mol. The van der Waals surface area contributed by atoms with Gasteiger partial charge in [-0.15, -0.1) is 0 Å². The monoisotopic (exact) mass is 589 g/mol. The number of hydrogen-bond acceptors (Lipinski definition) is 3. The molecule has 1 unspecified atom stereocenters. The lowest BCUT2D eigenvalue weighted by Gasteiger charge is -2.32. The van der Waals surface area contributed by atoms with Crippen LogP contribution in [0.5, 0.6) is 0 Å². The summed E-state index contributed by atoms with van der Waals surface area (Å²) in [4.78, 5) is 22.2. The Hall–Kier alpha value is -3.78. The maximum atomic E-state index is 13.7. The molecule has 0 radical (unpaired) electrons. The van der Waals surface area contributed by atoms with E-state index in [9.17, 15) is 18.0 Å². The zero-order valence-electron chi connectivity index (χ0n) is 23.7. The minimum Gasteiger partial charge on any atom is -0.346 e. The Bertz CT molecular complexity index is 1610. The van der Waals surface area contributed by atoms with Gasteiger partial charge in [-0.25, -0.2) is 4.98 Å². The molecule has 0 spiro atoms. The van der Waals surface area contributed by atoms with Gasteiger partial charge in [0.1, 0.15) is 6.54 Å². The van der Waals surface area contributed by atoms with Crippen molar-refractivity contribution in [1.82, 2.24) is 15.3 Å². The highest BCUT2D eigenvalue weighted by Crippen LogP contribution is 2.50. The van der Waals surface area contributed by atoms with E-state index in [0.717, 1.165) is 56.5 Å². The lowest BCUT2D eigenvalue weighted by molar-refractivity contribution is -0.141. The molecule has 3 aliphatic carbocycles. The predicted octanol–water partition coefficient (Wildman–Crippen LogP) is 6.60. The van der Waals surface area contributed by atoms with E-state index in [1.807, 2.05) is 74.6 Å². The van der Waals surface area contributed by atoms with Gasteiger partial charge in [0.15, 0.2) is 5.16 Å². The molecular formula is C34H34F3N3OS. The summed E-state index contributed by atoms with van der Waals surface area (Å²) in [6.45, 7) is 2.43. The number of rotatable bonds is 8. The maximum absolute atomic E-state index is 13.7. The first-order valence-electron chi connectivity index (χ1n) is 14.1. The third-order valence-electron chi connectivity index (χ3n) is 7.83. The second kappa shape index (κ2) is 12.6. The molecule has 1 amide bonds. The molecule has 0 fully saturated rings. The number of aromatic amines is 1. The SMILES string of the molecule is C/C=C\C1=C(C)c2ccccc2C1(CCCSc1nc(=C2C=CC=CC2)c(=C2C=CC=CC2)[nH]1)C(=O)NCC(F)(F)F. The van der Waals surface area contributed by atoms with Crippen molar-refractivity contribution in [2.75, 3.05) is 12.3 Å². The third kappa shape index (κ3) is 6.04. The van der Waals surface area contributed by atoms with Crippen molar-refractivity contribution in [3.8, 4) is 0 Å². The molecule has 0 bridgehead atoms. The molecule has 0 saturated heterocycles. The van der Waals surface area contributed by atoms with E-state index < -0.39 is 24.0 Å². The second-order valence-electron chi connectivity index (χ2n) is 10.5. The number of amides is 1. The van der Waals surface area contributed by atoms with Crippen molar-refractivity contribution in [3.05, 3.63) is 112 Å². The van der Waals surface area contributed by atoms with Gasteiger partial charge in [-0.2, -0.15) is 13.2 Å². The lowest BCUT2D eigenvalue weighted by Crippen LogP contribution is -2.47. The van der Waals surface area contributed by atoms with Gasteiger partial charge in [0, 0.05) is 5.75 Å². The smallest absolute Gasteiger partial charge is 0.346 e. The van der Waals surface area contributed by atoms with E-state index in [2.05, 4.69) is 34.6 Å². The Morgan fingerprint density at radius 2 is 1.81 bits per heavy atom. The number of fused-ring (bicyclic) bond motifs is 1. The normalized spacial score (nSPS) is 22.4. The molecular weight excluding hydrogens is 555 g/mol. The van der Waals surface area contributed by atoms with Crippen LogP contribution in [0.4, 0.5) is 13.2 Å². The highest BCUT2D eigenvalue weighted by molar-refractivity contribution is 7.99. The second-order valence-corrected chi connectivity index (χ2v) is 11.6. The summed E-state index contributed by atoms with van der Waals surface area (Å²) in [6.07, 6.45) is 18.3. The molecule has 1 aromatic heterocycles. The van der Waals surface area contributed by atoms with Crippen LogP contribution in [0.3, 0.4) is 0 Å².